The molecule has 0 spiro atoms. The van der Waals surface area contributed by atoms with Crippen LogP contribution in [-0.2, 0) is 19.0 Å². The zero-order valence-corrected chi connectivity index (χ0v) is 17.7. The maximum absolute atomic E-state index is 11.8. The van der Waals surface area contributed by atoms with Gasteiger partial charge in [0.05, 0.1) is 25.4 Å². The molecule has 10 atom stereocenters. The SMILES string of the molecule is CCC(C)(C)[C@@H]1OC(CO)[C@@H](O[C@@H]2OC(CO)[C@H](O)C(O)C2O)C(O)C1NC(C)=O. The van der Waals surface area contributed by atoms with Gasteiger partial charge in [0.1, 0.15) is 42.7 Å². The van der Waals surface area contributed by atoms with Gasteiger partial charge in [0.15, 0.2) is 6.29 Å². The van der Waals surface area contributed by atoms with Gasteiger partial charge in [0.25, 0.3) is 0 Å². The van der Waals surface area contributed by atoms with E-state index in [0.717, 1.165) is 0 Å². The van der Waals surface area contributed by atoms with Crippen molar-refractivity contribution in [3.8, 4) is 0 Å². The predicted molar refractivity (Wildman–Crippen MR) is 102 cm³/mol. The van der Waals surface area contributed by atoms with Crippen molar-refractivity contribution in [3.05, 3.63) is 0 Å². The lowest BCUT2D eigenvalue weighted by Gasteiger charge is -2.51. The lowest BCUT2D eigenvalue weighted by atomic mass is 9.75. The maximum atomic E-state index is 11.8. The highest BCUT2D eigenvalue weighted by Gasteiger charge is 2.53. The average molecular weight is 437 g/mol. The first-order valence-electron chi connectivity index (χ1n) is 10.2. The van der Waals surface area contributed by atoms with Crippen LogP contribution in [0.15, 0.2) is 0 Å². The smallest absolute Gasteiger partial charge is 0.217 e. The fraction of sp³-hybridized carbons (Fsp3) is 0.947. The lowest BCUT2D eigenvalue weighted by molar-refractivity contribution is -0.339. The number of hydrogen-bond donors (Lipinski definition) is 7. The molecule has 2 aliphatic heterocycles. The molecule has 0 aliphatic carbocycles. The van der Waals surface area contributed by atoms with Gasteiger partial charge < -0.3 is 50.2 Å². The number of rotatable bonds is 7. The van der Waals surface area contributed by atoms with E-state index in [2.05, 4.69) is 5.32 Å². The number of aliphatic hydroxyl groups is 6. The standard InChI is InChI=1S/C19H35NO10/c1-5-19(3,4)17-11(20-8(2)23)13(25)16(10(7-22)28-17)30-18-15(27)14(26)12(24)9(6-21)29-18/h9-18,21-22,24-27H,5-7H2,1-4H3,(H,20,23)/t9?,10?,11?,12-,13?,14?,15?,16+,17+,18-/m0/s1. The fourth-order valence-corrected chi connectivity index (χ4v) is 3.87. The molecule has 11 nitrogen and oxygen atoms in total. The molecule has 0 aromatic carbocycles. The lowest BCUT2D eigenvalue weighted by Crippen LogP contribution is -2.69. The van der Waals surface area contributed by atoms with E-state index >= 15 is 0 Å². The number of aliphatic hydroxyl groups excluding tert-OH is 6. The Balaban J connectivity index is 2.29. The molecule has 0 aromatic heterocycles. The summed E-state index contributed by atoms with van der Waals surface area (Å²) in [6.07, 6.45) is -11.2. The van der Waals surface area contributed by atoms with Gasteiger partial charge >= 0.3 is 0 Å². The van der Waals surface area contributed by atoms with Crippen LogP contribution in [-0.4, -0.2) is 111 Å². The second-order valence-corrected chi connectivity index (χ2v) is 8.63. The molecule has 0 radical (unpaired) electrons. The molecule has 0 saturated carbocycles. The molecule has 1 amide bonds. The maximum Gasteiger partial charge on any atom is 0.217 e. The van der Waals surface area contributed by atoms with Gasteiger partial charge in [-0.1, -0.05) is 20.8 Å². The van der Waals surface area contributed by atoms with Gasteiger partial charge in [-0.25, -0.2) is 0 Å². The van der Waals surface area contributed by atoms with E-state index in [1.807, 2.05) is 20.8 Å². The summed E-state index contributed by atoms with van der Waals surface area (Å²) in [7, 11) is 0. The molecule has 2 saturated heterocycles. The molecule has 7 N–H and O–H groups in total. The Kier molecular flexibility index (Phi) is 8.59. The van der Waals surface area contributed by atoms with E-state index in [9.17, 15) is 35.4 Å². The van der Waals surface area contributed by atoms with Crippen LogP contribution in [0, 0.1) is 5.41 Å². The zero-order valence-electron chi connectivity index (χ0n) is 17.7. The molecular weight excluding hydrogens is 402 g/mol. The van der Waals surface area contributed by atoms with Crippen molar-refractivity contribution in [1.29, 1.82) is 0 Å². The highest BCUT2D eigenvalue weighted by Crippen LogP contribution is 2.37. The number of nitrogens with one attached hydrogen (secondary N) is 1. The summed E-state index contributed by atoms with van der Waals surface area (Å²) < 4.78 is 17.0. The predicted octanol–water partition coefficient (Wildman–Crippen LogP) is -2.77. The Bertz CT molecular complexity index is 574. The van der Waals surface area contributed by atoms with Crippen LogP contribution in [0.4, 0.5) is 0 Å². The normalized spacial score (nSPS) is 42.7. The molecule has 2 fully saturated rings. The Labute approximate surface area is 175 Å². The number of carbonyl (C=O) groups excluding carboxylic acids is 1. The van der Waals surface area contributed by atoms with Crippen LogP contribution in [0.1, 0.15) is 34.1 Å². The van der Waals surface area contributed by atoms with Gasteiger partial charge in [-0.2, -0.15) is 0 Å². The van der Waals surface area contributed by atoms with Crippen LogP contribution in [0.2, 0.25) is 0 Å². The van der Waals surface area contributed by atoms with Gasteiger partial charge in [-0.3, -0.25) is 4.79 Å². The molecule has 176 valence electrons. The van der Waals surface area contributed by atoms with E-state index < -0.39 is 85.7 Å². The van der Waals surface area contributed by atoms with E-state index in [1.165, 1.54) is 6.92 Å². The van der Waals surface area contributed by atoms with Gasteiger partial charge in [0, 0.05) is 6.92 Å². The number of carbonyl (C=O) groups is 1. The summed E-state index contributed by atoms with van der Waals surface area (Å²) in [4.78, 5) is 11.8. The minimum atomic E-state index is -1.68. The third kappa shape index (κ3) is 5.12. The monoisotopic (exact) mass is 437 g/mol. The van der Waals surface area contributed by atoms with Crippen LogP contribution in [0.5, 0.6) is 0 Å². The molecule has 11 heteroatoms. The molecule has 6 unspecified atom stereocenters. The Morgan fingerprint density at radius 2 is 1.57 bits per heavy atom. The summed E-state index contributed by atoms with van der Waals surface area (Å²) >= 11 is 0. The van der Waals surface area contributed by atoms with Crippen molar-refractivity contribution in [3.63, 3.8) is 0 Å². The first kappa shape index (κ1) is 25.4. The molecule has 30 heavy (non-hydrogen) atoms. The number of amides is 1. The van der Waals surface area contributed by atoms with Crippen molar-refractivity contribution in [2.24, 2.45) is 5.41 Å². The largest absolute Gasteiger partial charge is 0.394 e. The molecule has 0 aromatic rings. The molecular formula is C19H35NO10. The number of ether oxygens (including phenoxy) is 3. The van der Waals surface area contributed by atoms with Gasteiger partial charge in [-0.15, -0.1) is 0 Å². The minimum absolute atomic E-state index is 0.395. The van der Waals surface area contributed by atoms with Crippen molar-refractivity contribution in [1.82, 2.24) is 5.32 Å². The highest BCUT2D eigenvalue weighted by atomic mass is 16.7. The first-order valence-corrected chi connectivity index (χ1v) is 10.2. The zero-order chi connectivity index (χ0) is 22.8. The van der Waals surface area contributed by atoms with Crippen molar-refractivity contribution >= 4 is 5.91 Å². The van der Waals surface area contributed by atoms with E-state index in [1.54, 1.807) is 0 Å². The first-order chi connectivity index (χ1) is 14.0. The highest BCUT2D eigenvalue weighted by molar-refractivity contribution is 5.73. The van der Waals surface area contributed by atoms with Crippen LogP contribution in [0.3, 0.4) is 0 Å². The van der Waals surface area contributed by atoms with Gasteiger partial charge in [0.2, 0.25) is 5.91 Å². The van der Waals surface area contributed by atoms with Crippen molar-refractivity contribution < 1.29 is 49.6 Å². The van der Waals surface area contributed by atoms with Crippen LogP contribution >= 0.6 is 0 Å². The van der Waals surface area contributed by atoms with E-state index in [-0.39, 0.29) is 0 Å². The Hall–Kier alpha value is -0.890. The third-order valence-electron chi connectivity index (χ3n) is 6.09. The van der Waals surface area contributed by atoms with Crippen LogP contribution < -0.4 is 5.32 Å². The average Bonchev–Trinajstić information content (AvgIpc) is 2.70. The fourth-order valence-electron chi connectivity index (χ4n) is 3.87. The Morgan fingerprint density at radius 1 is 0.967 bits per heavy atom. The minimum Gasteiger partial charge on any atom is -0.394 e. The molecule has 2 aliphatic rings. The summed E-state index contributed by atoms with van der Waals surface area (Å²) in [6, 6.07) is -0.880. The number of hydrogen-bond acceptors (Lipinski definition) is 10. The van der Waals surface area contributed by atoms with Crippen molar-refractivity contribution in [2.45, 2.75) is 95.3 Å². The summed E-state index contributed by atoms with van der Waals surface area (Å²) in [5.74, 6) is -0.395. The second kappa shape index (κ2) is 10.2. The Morgan fingerprint density at radius 3 is 2.07 bits per heavy atom. The van der Waals surface area contributed by atoms with E-state index in [4.69, 9.17) is 14.2 Å². The molecule has 2 rings (SSSR count). The quantitative estimate of drug-likeness (QED) is 0.221. The van der Waals surface area contributed by atoms with E-state index in [0.29, 0.717) is 6.42 Å². The van der Waals surface area contributed by atoms with Gasteiger partial charge in [-0.05, 0) is 11.8 Å². The summed E-state index contributed by atoms with van der Waals surface area (Å²) in [5.41, 5.74) is -0.463. The summed E-state index contributed by atoms with van der Waals surface area (Å²) in [6.45, 7) is 5.89. The van der Waals surface area contributed by atoms with Crippen molar-refractivity contribution in [2.75, 3.05) is 13.2 Å². The van der Waals surface area contributed by atoms with Crippen LogP contribution in [0.25, 0.3) is 0 Å². The molecule has 2 heterocycles. The topological polar surface area (TPSA) is 178 Å². The molecule has 0 bridgehead atoms. The second-order valence-electron chi connectivity index (χ2n) is 8.63. The summed E-state index contributed by atoms with van der Waals surface area (Å²) in [5, 5.41) is 63.0. The third-order valence-corrected chi connectivity index (χ3v) is 6.09.